The minimum Gasteiger partial charge on any atom is -0.503 e. The lowest BCUT2D eigenvalue weighted by molar-refractivity contribution is -0.277. The van der Waals surface area contributed by atoms with E-state index in [0.29, 0.717) is 0 Å². The molecule has 0 saturated heterocycles. The Morgan fingerprint density at radius 3 is 2.12 bits per heavy atom. The van der Waals surface area contributed by atoms with Crippen LogP contribution in [0.5, 0.6) is 11.6 Å². The van der Waals surface area contributed by atoms with Crippen molar-refractivity contribution >= 4 is 11.6 Å². The highest BCUT2D eigenvalue weighted by Crippen LogP contribution is 2.39. The van der Waals surface area contributed by atoms with Crippen LogP contribution in [0.1, 0.15) is 5.69 Å². The molecule has 0 aromatic carbocycles. The molecule has 1 heterocycles. The second-order valence-electron chi connectivity index (χ2n) is 2.69. The molecule has 0 atom stereocenters. The van der Waals surface area contributed by atoms with Gasteiger partial charge >= 0.3 is 12.5 Å². The maximum Gasteiger partial charge on any atom is 0.574 e. The molecule has 0 amide bonds. The molecular weight excluding hydrogens is 280 g/mol. The highest BCUT2D eigenvalue weighted by molar-refractivity contribution is 6.31. The molecule has 10 heteroatoms. The molecule has 0 radical (unpaired) electrons. The van der Waals surface area contributed by atoms with Crippen LogP contribution in [0, 0.1) is 0 Å². The SMILES string of the molecule is Oc1cc(Cl)c(C(F)(F)F)nc1OC(F)(F)F. The van der Waals surface area contributed by atoms with E-state index >= 15 is 0 Å². The van der Waals surface area contributed by atoms with Crippen LogP contribution in [0.4, 0.5) is 26.3 Å². The highest BCUT2D eigenvalue weighted by Gasteiger charge is 2.39. The Balaban J connectivity index is 3.25. The summed E-state index contributed by atoms with van der Waals surface area (Å²) in [5, 5.41) is 7.87. The van der Waals surface area contributed by atoms with Crippen LogP contribution in [0.2, 0.25) is 5.02 Å². The smallest absolute Gasteiger partial charge is 0.503 e. The lowest BCUT2D eigenvalue weighted by Crippen LogP contribution is -2.19. The summed E-state index contributed by atoms with van der Waals surface area (Å²) in [6, 6.07) is 0.262. The second-order valence-corrected chi connectivity index (χ2v) is 3.10. The number of hydrogen-bond acceptors (Lipinski definition) is 3. The van der Waals surface area contributed by atoms with E-state index in [4.69, 9.17) is 16.7 Å². The summed E-state index contributed by atoms with van der Waals surface area (Å²) in [6.07, 6.45) is -10.3. The first kappa shape index (κ1) is 13.7. The Morgan fingerprint density at radius 2 is 1.71 bits per heavy atom. The van der Waals surface area contributed by atoms with E-state index in [9.17, 15) is 26.3 Å². The zero-order chi connectivity index (χ0) is 13.4. The fourth-order valence-corrected chi connectivity index (χ4v) is 1.10. The van der Waals surface area contributed by atoms with Crippen molar-refractivity contribution in [3.8, 4) is 11.6 Å². The molecule has 0 fully saturated rings. The van der Waals surface area contributed by atoms with Gasteiger partial charge in [-0.15, -0.1) is 13.2 Å². The van der Waals surface area contributed by atoms with Gasteiger partial charge < -0.3 is 9.84 Å². The summed E-state index contributed by atoms with van der Waals surface area (Å²) in [7, 11) is 0. The molecule has 3 nitrogen and oxygen atoms in total. The van der Waals surface area contributed by atoms with Gasteiger partial charge in [0.25, 0.3) is 5.88 Å². The molecule has 0 spiro atoms. The topological polar surface area (TPSA) is 42.4 Å². The Kier molecular flexibility index (Phi) is 3.33. The predicted molar refractivity (Wildman–Crippen MR) is 42.6 cm³/mol. The van der Waals surface area contributed by atoms with Crippen LogP contribution < -0.4 is 4.74 Å². The summed E-state index contributed by atoms with van der Waals surface area (Å²) in [4.78, 5) is 2.48. The van der Waals surface area contributed by atoms with Crippen molar-refractivity contribution in [1.29, 1.82) is 0 Å². The average Bonchev–Trinajstić information content (AvgIpc) is 2.05. The molecular formula is C7H2ClF6NO2. The van der Waals surface area contributed by atoms with Gasteiger partial charge in [0.15, 0.2) is 11.4 Å². The lowest BCUT2D eigenvalue weighted by Gasteiger charge is -2.13. The number of alkyl halides is 6. The second kappa shape index (κ2) is 4.13. The van der Waals surface area contributed by atoms with E-state index in [1.54, 1.807) is 0 Å². The zero-order valence-electron chi connectivity index (χ0n) is 7.53. The Hall–Kier alpha value is -1.38. The third-order valence-corrected chi connectivity index (χ3v) is 1.69. The molecule has 0 saturated carbocycles. The quantitative estimate of drug-likeness (QED) is 0.803. The molecule has 0 aliphatic heterocycles. The van der Waals surface area contributed by atoms with E-state index in [1.807, 2.05) is 0 Å². The minimum atomic E-state index is -5.28. The number of pyridine rings is 1. The van der Waals surface area contributed by atoms with Crippen molar-refractivity contribution in [3.05, 3.63) is 16.8 Å². The normalized spacial score (nSPS) is 12.6. The van der Waals surface area contributed by atoms with Crippen molar-refractivity contribution in [2.24, 2.45) is 0 Å². The van der Waals surface area contributed by atoms with Gasteiger partial charge in [0.1, 0.15) is 0 Å². The maximum absolute atomic E-state index is 12.2. The van der Waals surface area contributed by atoms with Crippen LogP contribution in [0.25, 0.3) is 0 Å². The summed E-state index contributed by atoms with van der Waals surface area (Å²) in [6.45, 7) is 0. The van der Waals surface area contributed by atoms with E-state index in [2.05, 4.69) is 9.72 Å². The molecule has 1 N–H and O–H groups in total. The Labute approximate surface area is 94.6 Å². The molecule has 1 aromatic heterocycles. The van der Waals surface area contributed by atoms with Crippen LogP contribution in [0.3, 0.4) is 0 Å². The summed E-state index contributed by atoms with van der Waals surface area (Å²) in [5.74, 6) is -2.87. The van der Waals surface area contributed by atoms with E-state index in [0.717, 1.165) is 0 Å². The van der Waals surface area contributed by atoms with Gasteiger partial charge in [-0.25, -0.2) is 4.98 Å². The number of aromatic nitrogens is 1. The maximum atomic E-state index is 12.2. The molecule has 0 aliphatic rings. The van der Waals surface area contributed by atoms with Crippen LogP contribution >= 0.6 is 11.6 Å². The van der Waals surface area contributed by atoms with Crippen LogP contribution in [0.15, 0.2) is 6.07 Å². The fraction of sp³-hybridized carbons (Fsp3) is 0.286. The van der Waals surface area contributed by atoms with Crippen molar-refractivity contribution in [2.45, 2.75) is 12.5 Å². The number of nitrogens with zero attached hydrogens (tertiary/aromatic N) is 1. The van der Waals surface area contributed by atoms with Gasteiger partial charge in [0, 0.05) is 6.07 Å². The fourth-order valence-electron chi connectivity index (χ4n) is 0.846. The monoisotopic (exact) mass is 281 g/mol. The third-order valence-electron chi connectivity index (χ3n) is 1.40. The number of hydrogen-bond donors (Lipinski definition) is 1. The molecule has 1 rings (SSSR count). The number of rotatable bonds is 1. The van der Waals surface area contributed by atoms with Gasteiger partial charge in [-0.2, -0.15) is 13.2 Å². The lowest BCUT2D eigenvalue weighted by atomic mass is 10.3. The molecule has 0 bridgehead atoms. The van der Waals surface area contributed by atoms with Crippen LogP contribution in [-0.4, -0.2) is 16.5 Å². The molecule has 0 aliphatic carbocycles. The first-order chi connectivity index (χ1) is 7.50. The highest BCUT2D eigenvalue weighted by atomic mass is 35.5. The van der Waals surface area contributed by atoms with Crippen molar-refractivity contribution in [2.75, 3.05) is 0 Å². The Bertz CT molecular complexity index is 430. The largest absolute Gasteiger partial charge is 0.574 e. The molecule has 17 heavy (non-hydrogen) atoms. The first-order valence-corrected chi connectivity index (χ1v) is 4.11. The van der Waals surface area contributed by atoms with Crippen molar-refractivity contribution < 1.29 is 36.2 Å². The number of aromatic hydroxyl groups is 1. The van der Waals surface area contributed by atoms with E-state index < -0.39 is 34.9 Å². The minimum absolute atomic E-state index is 0.262. The van der Waals surface area contributed by atoms with Gasteiger partial charge in [0.05, 0.1) is 5.02 Å². The standard InChI is InChI=1S/C7H2ClF6NO2/c8-2-1-3(16)5(17-7(12,13)14)15-4(2)6(9,10)11/h1,16H. The number of ether oxygens (including phenoxy) is 1. The van der Waals surface area contributed by atoms with Gasteiger partial charge in [0.2, 0.25) is 0 Å². The van der Waals surface area contributed by atoms with Gasteiger partial charge in [-0.3, -0.25) is 0 Å². The molecule has 0 unspecified atom stereocenters. The first-order valence-electron chi connectivity index (χ1n) is 3.73. The summed E-state index contributed by atoms with van der Waals surface area (Å²) in [5.41, 5.74) is -1.78. The van der Waals surface area contributed by atoms with Crippen molar-refractivity contribution in [1.82, 2.24) is 4.98 Å². The third kappa shape index (κ3) is 3.55. The van der Waals surface area contributed by atoms with E-state index in [-0.39, 0.29) is 6.07 Å². The predicted octanol–water partition coefficient (Wildman–Crippen LogP) is 3.36. The molecule has 1 aromatic rings. The average molecular weight is 282 g/mol. The van der Waals surface area contributed by atoms with E-state index in [1.165, 1.54) is 0 Å². The van der Waals surface area contributed by atoms with Crippen LogP contribution in [-0.2, 0) is 6.18 Å². The van der Waals surface area contributed by atoms with Gasteiger partial charge in [-0.05, 0) is 0 Å². The molecule has 96 valence electrons. The zero-order valence-corrected chi connectivity index (χ0v) is 8.28. The summed E-state index contributed by atoms with van der Waals surface area (Å²) >= 11 is 5.08. The van der Waals surface area contributed by atoms with Gasteiger partial charge in [-0.1, -0.05) is 11.6 Å². The summed E-state index contributed by atoms with van der Waals surface area (Å²) < 4.78 is 75.1. The van der Waals surface area contributed by atoms with Crippen molar-refractivity contribution in [3.63, 3.8) is 0 Å². The Morgan fingerprint density at radius 1 is 1.18 bits per heavy atom. The number of halogens is 7.